The largest absolute Gasteiger partial charge is 0.435 e. The topological polar surface area (TPSA) is 46.9 Å². The van der Waals surface area contributed by atoms with Gasteiger partial charge < -0.3 is 5.32 Å². The Morgan fingerprint density at radius 1 is 1.39 bits per heavy atom. The molecule has 0 radical (unpaired) electrons. The maximum Gasteiger partial charge on any atom is 0.435 e. The van der Waals surface area contributed by atoms with Crippen LogP contribution in [0.1, 0.15) is 38.3 Å². The van der Waals surface area contributed by atoms with E-state index in [4.69, 9.17) is 0 Å². The zero-order chi connectivity index (χ0) is 13.6. The Labute approximate surface area is 103 Å². The molecule has 102 valence electrons. The molecule has 1 aromatic rings. The van der Waals surface area contributed by atoms with Gasteiger partial charge in [0.1, 0.15) is 0 Å². The highest BCUT2D eigenvalue weighted by Crippen LogP contribution is 2.27. The average molecular weight is 263 g/mol. The minimum absolute atomic E-state index is 0.444. The SMILES string of the molecule is CCCCCCNC(=O)n1ccc(C(F)(F)F)n1. The quantitative estimate of drug-likeness (QED) is 0.830. The van der Waals surface area contributed by atoms with Crippen LogP contribution >= 0.6 is 0 Å². The second-order valence-corrected chi connectivity index (χ2v) is 3.94. The van der Waals surface area contributed by atoms with Gasteiger partial charge in [0.25, 0.3) is 0 Å². The van der Waals surface area contributed by atoms with Gasteiger partial charge in [0.05, 0.1) is 0 Å². The minimum Gasteiger partial charge on any atom is -0.336 e. The second-order valence-electron chi connectivity index (χ2n) is 3.94. The van der Waals surface area contributed by atoms with Crippen molar-refractivity contribution in [3.8, 4) is 0 Å². The van der Waals surface area contributed by atoms with Gasteiger partial charge in [-0.2, -0.15) is 23.0 Å². The van der Waals surface area contributed by atoms with Crippen LogP contribution < -0.4 is 5.32 Å². The zero-order valence-corrected chi connectivity index (χ0v) is 10.1. The van der Waals surface area contributed by atoms with Crippen LogP contribution in [0.25, 0.3) is 0 Å². The van der Waals surface area contributed by atoms with Crippen LogP contribution in [-0.4, -0.2) is 22.4 Å². The smallest absolute Gasteiger partial charge is 0.336 e. The highest BCUT2D eigenvalue weighted by Gasteiger charge is 2.34. The molecule has 4 nitrogen and oxygen atoms in total. The molecule has 0 aliphatic heterocycles. The monoisotopic (exact) mass is 263 g/mol. The molecule has 1 N–H and O–H groups in total. The molecular formula is C11H16F3N3O. The molecule has 0 saturated heterocycles. The highest BCUT2D eigenvalue weighted by atomic mass is 19.4. The molecule has 1 heterocycles. The van der Waals surface area contributed by atoms with Gasteiger partial charge in [-0.3, -0.25) is 0 Å². The lowest BCUT2D eigenvalue weighted by Gasteiger charge is -2.04. The molecule has 0 spiro atoms. The third-order valence-electron chi connectivity index (χ3n) is 2.39. The summed E-state index contributed by atoms with van der Waals surface area (Å²) in [6, 6.07) is 0.137. The number of alkyl halides is 3. The fraction of sp³-hybridized carbons (Fsp3) is 0.636. The molecule has 1 rings (SSSR count). The molecule has 0 fully saturated rings. The van der Waals surface area contributed by atoms with E-state index < -0.39 is 17.9 Å². The summed E-state index contributed by atoms with van der Waals surface area (Å²) >= 11 is 0. The molecule has 0 bridgehead atoms. The highest BCUT2D eigenvalue weighted by molar-refractivity contribution is 5.75. The van der Waals surface area contributed by atoms with E-state index in [0.717, 1.165) is 37.9 Å². The van der Waals surface area contributed by atoms with Gasteiger partial charge in [-0.1, -0.05) is 26.2 Å². The number of nitrogens with zero attached hydrogens (tertiary/aromatic N) is 2. The van der Waals surface area contributed by atoms with Crippen molar-refractivity contribution in [2.75, 3.05) is 6.54 Å². The predicted octanol–water partition coefficient (Wildman–Crippen LogP) is 3.04. The number of nitrogens with one attached hydrogen (secondary N) is 1. The number of amides is 1. The van der Waals surface area contributed by atoms with Crippen molar-refractivity contribution in [1.29, 1.82) is 0 Å². The Kier molecular flexibility index (Phi) is 5.18. The average Bonchev–Trinajstić information content (AvgIpc) is 2.77. The van der Waals surface area contributed by atoms with Crippen molar-refractivity contribution in [3.05, 3.63) is 18.0 Å². The molecule has 0 unspecified atom stereocenters. The fourth-order valence-electron chi connectivity index (χ4n) is 1.42. The summed E-state index contributed by atoms with van der Waals surface area (Å²) in [6.45, 7) is 2.51. The van der Waals surface area contributed by atoms with E-state index in [0.29, 0.717) is 11.2 Å². The summed E-state index contributed by atoms with van der Waals surface area (Å²) in [5, 5.41) is 5.69. The summed E-state index contributed by atoms with van der Waals surface area (Å²) in [5.74, 6) is 0. The number of rotatable bonds is 5. The summed E-state index contributed by atoms with van der Waals surface area (Å²) in [4.78, 5) is 11.4. The van der Waals surface area contributed by atoms with E-state index in [1.165, 1.54) is 0 Å². The number of hydrogen-bond donors (Lipinski definition) is 1. The summed E-state index contributed by atoms with van der Waals surface area (Å²) < 4.78 is 37.4. The van der Waals surface area contributed by atoms with E-state index in [1.54, 1.807) is 0 Å². The van der Waals surface area contributed by atoms with E-state index in [-0.39, 0.29) is 0 Å². The van der Waals surface area contributed by atoms with Crippen LogP contribution in [0.2, 0.25) is 0 Å². The van der Waals surface area contributed by atoms with Crippen molar-refractivity contribution in [1.82, 2.24) is 15.1 Å². The third kappa shape index (κ3) is 4.38. The summed E-state index contributed by atoms with van der Waals surface area (Å²) in [6.07, 6.45) is 0.450. The van der Waals surface area contributed by atoms with E-state index in [1.807, 2.05) is 0 Å². The normalized spacial score (nSPS) is 11.6. The maximum absolute atomic E-state index is 12.2. The standard InChI is InChI=1S/C11H16F3N3O/c1-2-3-4-5-7-15-10(18)17-8-6-9(16-17)11(12,13)14/h6,8H,2-5,7H2,1H3,(H,15,18). The molecule has 0 aliphatic carbocycles. The van der Waals surface area contributed by atoms with Gasteiger partial charge in [0.15, 0.2) is 5.69 Å². The molecule has 0 atom stereocenters. The lowest BCUT2D eigenvalue weighted by atomic mass is 10.2. The number of carbonyl (C=O) groups is 1. The fourth-order valence-corrected chi connectivity index (χ4v) is 1.42. The van der Waals surface area contributed by atoms with Crippen LogP contribution in [0.15, 0.2) is 12.3 Å². The Morgan fingerprint density at radius 2 is 2.11 bits per heavy atom. The molecule has 1 aromatic heterocycles. The van der Waals surface area contributed by atoms with Gasteiger partial charge in [-0.15, -0.1) is 0 Å². The molecule has 1 amide bonds. The van der Waals surface area contributed by atoms with Crippen LogP contribution in [0.5, 0.6) is 0 Å². The molecular weight excluding hydrogens is 247 g/mol. The Hall–Kier alpha value is -1.53. The Morgan fingerprint density at radius 3 is 2.67 bits per heavy atom. The van der Waals surface area contributed by atoms with Crippen molar-refractivity contribution in [3.63, 3.8) is 0 Å². The van der Waals surface area contributed by atoms with Gasteiger partial charge in [0, 0.05) is 12.7 Å². The van der Waals surface area contributed by atoms with Crippen LogP contribution in [0.4, 0.5) is 18.0 Å². The number of hydrogen-bond acceptors (Lipinski definition) is 2. The van der Waals surface area contributed by atoms with Crippen LogP contribution in [0, 0.1) is 0 Å². The molecule has 18 heavy (non-hydrogen) atoms. The zero-order valence-electron chi connectivity index (χ0n) is 10.1. The molecule has 7 heteroatoms. The Bertz CT molecular complexity index is 387. The molecule has 0 aliphatic rings. The number of halogens is 3. The lowest BCUT2D eigenvalue weighted by molar-refractivity contribution is -0.141. The van der Waals surface area contributed by atoms with Gasteiger partial charge >= 0.3 is 12.2 Å². The molecule has 0 aromatic carbocycles. The number of unbranched alkanes of at least 4 members (excludes halogenated alkanes) is 3. The van der Waals surface area contributed by atoms with Gasteiger partial charge in [0.2, 0.25) is 0 Å². The second kappa shape index (κ2) is 6.42. The van der Waals surface area contributed by atoms with E-state index in [9.17, 15) is 18.0 Å². The lowest BCUT2D eigenvalue weighted by Crippen LogP contribution is -2.30. The van der Waals surface area contributed by atoms with Crippen molar-refractivity contribution < 1.29 is 18.0 Å². The minimum atomic E-state index is -4.52. The first-order valence-electron chi connectivity index (χ1n) is 5.86. The predicted molar refractivity (Wildman–Crippen MR) is 60.2 cm³/mol. The van der Waals surface area contributed by atoms with Crippen LogP contribution in [-0.2, 0) is 6.18 Å². The first kappa shape index (κ1) is 14.5. The number of carbonyl (C=O) groups excluding carboxylic acids is 1. The van der Waals surface area contributed by atoms with Gasteiger partial charge in [-0.05, 0) is 12.5 Å². The van der Waals surface area contributed by atoms with E-state index >= 15 is 0 Å². The summed E-state index contributed by atoms with van der Waals surface area (Å²) in [7, 11) is 0. The van der Waals surface area contributed by atoms with E-state index in [2.05, 4.69) is 17.3 Å². The van der Waals surface area contributed by atoms with Crippen LogP contribution in [0.3, 0.4) is 0 Å². The first-order valence-corrected chi connectivity index (χ1v) is 5.86. The molecule has 0 saturated carbocycles. The van der Waals surface area contributed by atoms with Crippen molar-refractivity contribution in [2.45, 2.75) is 38.8 Å². The maximum atomic E-state index is 12.2. The van der Waals surface area contributed by atoms with Gasteiger partial charge in [-0.25, -0.2) is 4.79 Å². The van der Waals surface area contributed by atoms with Crippen molar-refractivity contribution >= 4 is 6.03 Å². The summed E-state index contributed by atoms with van der Waals surface area (Å²) in [5.41, 5.74) is -1.07. The third-order valence-corrected chi connectivity index (χ3v) is 2.39. The van der Waals surface area contributed by atoms with Crippen molar-refractivity contribution in [2.24, 2.45) is 0 Å². The first-order chi connectivity index (χ1) is 8.45. The Balaban J connectivity index is 2.40. The number of aromatic nitrogens is 2.